The number of hydrogen-bond donors (Lipinski definition) is 2. The number of morpholine rings is 1. The Morgan fingerprint density at radius 2 is 2.00 bits per heavy atom. The Balaban J connectivity index is 2.22. The van der Waals surface area contributed by atoms with E-state index in [1.54, 1.807) is 13.8 Å². The van der Waals surface area contributed by atoms with Crippen molar-refractivity contribution in [3.05, 3.63) is 5.28 Å². The lowest BCUT2D eigenvalue weighted by atomic mass is 10.1. The first-order chi connectivity index (χ1) is 9.38. The first kappa shape index (κ1) is 14.7. The van der Waals surface area contributed by atoms with E-state index in [4.69, 9.17) is 22.1 Å². The van der Waals surface area contributed by atoms with Crippen molar-refractivity contribution in [3.8, 4) is 0 Å². The fourth-order valence-electron chi connectivity index (χ4n) is 1.64. The average Bonchev–Trinajstić information content (AvgIpc) is 2.38. The molecule has 0 radical (unpaired) electrons. The fraction of sp³-hybridized carbons (Fsp3) is 0.636. The van der Waals surface area contributed by atoms with E-state index in [-0.39, 0.29) is 11.2 Å². The first-order valence-corrected chi connectivity index (χ1v) is 6.58. The van der Waals surface area contributed by atoms with Gasteiger partial charge in [-0.15, -0.1) is 0 Å². The van der Waals surface area contributed by atoms with E-state index < -0.39 is 11.4 Å². The summed E-state index contributed by atoms with van der Waals surface area (Å²) in [5, 5.41) is 2.92. The molecule has 2 rings (SSSR count). The summed E-state index contributed by atoms with van der Waals surface area (Å²) in [6.07, 6.45) is 0. The van der Waals surface area contributed by atoms with Crippen LogP contribution in [-0.2, 0) is 9.53 Å². The maximum absolute atomic E-state index is 11.3. The highest BCUT2D eigenvalue weighted by atomic mass is 35.5. The minimum absolute atomic E-state index is 0.0595. The van der Waals surface area contributed by atoms with Crippen molar-refractivity contribution in [2.24, 2.45) is 5.73 Å². The molecule has 0 aromatic carbocycles. The molecule has 0 bridgehead atoms. The second-order valence-electron chi connectivity index (χ2n) is 4.94. The quantitative estimate of drug-likeness (QED) is 0.808. The standard InChI is InChI=1S/C11H17ClN6O2/c1-11(2,7(13)19)17-9-14-8(12)15-10(16-9)18-3-5-20-6-4-18/h3-6H2,1-2H3,(H2,13,19)(H,14,15,16,17). The largest absolute Gasteiger partial charge is 0.378 e. The molecule has 1 aromatic rings. The second kappa shape index (κ2) is 5.76. The number of nitrogens with one attached hydrogen (secondary N) is 1. The molecule has 9 heteroatoms. The summed E-state index contributed by atoms with van der Waals surface area (Å²) in [7, 11) is 0. The summed E-state index contributed by atoms with van der Waals surface area (Å²) in [6, 6.07) is 0. The summed E-state index contributed by atoms with van der Waals surface area (Å²) in [5.41, 5.74) is 4.33. The van der Waals surface area contributed by atoms with Gasteiger partial charge in [-0.1, -0.05) is 0 Å². The maximum atomic E-state index is 11.3. The van der Waals surface area contributed by atoms with Crippen molar-refractivity contribution < 1.29 is 9.53 Å². The van der Waals surface area contributed by atoms with Crippen LogP contribution in [0.1, 0.15) is 13.8 Å². The van der Waals surface area contributed by atoms with Gasteiger partial charge < -0.3 is 20.7 Å². The molecule has 1 aliphatic rings. The zero-order valence-corrected chi connectivity index (χ0v) is 12.1. The van der Waals surface area contributed by atoms with Gasteiger partial charge in [-0.05, 0) is 25.4 Å². The molecule has 0 spiro atoms. The Morgan fingerprint density at radius 1 is 1.35 bits per heavy atom. The number of aromatic nitrogens is 3. The van der Waals surface area contributed by atoms with Crippen molar-refractivity contribution in [1.29, 1.82) is 0 Å². The molecule has 0 unspecified atom stereocenters. The smallest absolute Gasteiger partial charge is 0.242 e. The van der Waals surface area contributed by atoms with Crippen LogP contribution in [0.2, 0.25) is 5.28 Å². The summed E-state index contributed by atoms with van der Waals surface area (Å²) in [5.74, 6) is 0.160. The number of anilines is 2. The van der Waals surface area contributed by atoms with Gasteiger partial charge in [0.05, 0.1) is 13.2 Å². The molecule has 3 N–H and O–H groups in total. The molecule has 1 amide bonds. The number of hydrogen-bond acceptors (Lipinski definition) is 7. The van der Waals surface area contributed by atoms with Crippen molar-refractivity contribution >= 4 is 29.4 Å². The van der Waals surface area contributed by atoms with Gasteiger partial charge in [0.25, 0.3) is 0 Å². The third-order valence-electron chi connectivity index (χ3n) is 2.93. The molecular formula is C11H17ClN6O2. The molecule has 8 nitrogen and oxygen atoms in total. The third-order valence-corrected chi connectivity index (χ3v) is 3.10. The van der Waals surface area contributed by atoms with Crippen LogP contribution in [0.15, 0.2) is 0 Å². The van der Waals surface area contributed by atoms with Crippen LogP contribution < -0.4 is 16.0 Å². The molecular weight excluding hydrogens is 284 g/mol. The molecule has 2 heterocycles. The van der Waals surface area contributed by atoms with Gasteiger partial charge in [0.1, 0.15) is 5.54 Å². The number of nitrogens with zero attached hydrogens (tertiary/aromatic N) is 4. The average molecular weight is 301 g/mol. The van der Waals surface area contributed by atoms with E-state index in [0.717, 1.165) is 0 Å². The van der Waals surface area contributed by atoms with Crippen LogP contribution in [0.25, 0.3) is 0 Å². The Labute approximate surface area is 121 Å². The van der Waals surface area contributed by atoms with Crippen molar-refractivity contribution in [2.45, 2.75) is 19.4 Å². The number of amides is 1. The van der Waals surface area contributed by atoms with Crippen LogP contribution in [0.5, 0.6) is 0 Å². The van der Waals surface area contributed by atoms with Gasteiger partial charge in [0.2, 0.25) is 23.1 Å². The van der Waals surface area contributed by atoms with Crippen molar-refractivity contribution in [2.75, 3.05) is 36.5 Å². The van der Waals surface area contributed by atoms with E-state index >= 15 is 0 Å². The zero-order valence-electron chi connectivity index (χ0n) is 11.4. The Hall–Kier alpha value is -1.67. The van der Waals surface area contributed by atoms with E-state index in [9.17, 15) is 4.79 Å². The highest BCUT2D eigenvalue weighted by molar-refractivity contribution is 6.28. The molecule has 1 fully saturated rings. The third kappa shape index (κ3) is 3.45. The predicted octanol–water partition coefficient (Wildman–Crippen LogP) is 0.0374. The number of ether oxygens (including phenoxy) is 1. The fourth-order valence-corrected chi connectivity index (χ4v) is 1.80. The minimum atomic E-state index is -0.979. The monoisotopic (exact) mass is 300 g/mol. The minimum Gasteiger partial charge on any atom is -0.378 e. The van der Waals surface area contributed by atoms with Gasteiger partial charge in [0.15, 0.2) is 0 Å². The first-order valence-electron chi connectivity index (χ1n) is 6.21. The van der Waals surface area contributed by atoms with Gasteiger partial charge in [-0.3, -0.25) is 4.79 Å². The Kier molecular flexibility index (Phi) is 4.24. The number of rotatable bonds is 4. The molecule has 20 heavy (non-hydrogen) atoms. The number of carbonyl (C=O) groups excluding carboxylic acids is 1. The number of halogens is 1. The van der Waals surface area contributed by atoms with Crippen LogP contribution in [0.4, 0.5) is 11.9 Å². The second-order valence-corrected chi connectivity index (χ2v) is 5.28. The molecule has 1 aromatic heterocycles. The van der Waals surface area contributed by atoms with Crippen molar-refractivity contribution in [3.63, 3.8) is 0 Å². The summed E-state index contributed by atoms with van der Waals surface area (Å²) >= 11 is 5.90. The van der Waals surface area contributed by atoms with Gasteiger partial charge >= 0.3 is 0 Å². The summed E-state index contributed by atoms with van der Waals surface area (Å²) < 4.78 is 5.27. The van der Waals surface area contributed by atoms with Gasteiger partial charge in [-0.2, -0.15) is 15.0 Å². The van der Waals surface area contributed by atoms with E-state index in [1.165, 1.54) is 0 Å². The van der Waals surface area contributed by atoms with Crippen LogP contribution in [-0.4, -0.2) is 52.7 Å². The predicted molar refractivity (Wildman–Crippen MR) is 74.8 cm³/mol. The highest BCUT2D eigenvalue weighted by Crippen LogP contribution is 2.17. The lowest BCUT2D eigenvalue weighted by Gasteiger charge is -2.27. The van der Waals surface area contributed by atoms with Crippen LogP contribution in [0, 0.1) is 0 Å². The number of nitrogens with two attached hydrogens (primary N) is 1. The van der Waals surface area contributed by atoms with Gasteiger partial charge in [0, 0.05) is 13.1 Å². The van der Waals surface area contributed by atoms with E-state index in [2.05, 4.69) is 20.3 Å². The Bertz CT molecular complexity index is 504. The number of primary amides is 1. The van der Waals surface area contributed by atoms with Gasteiger partial charge in [-0.25, -0.2) is 0 Å². The van der Waals surface area contributed by atoms with Crippen molar-refractivity contribution in [1.82, 2.24) is 15.0 Å². The molecule has 1 aliphatic heterocycles. The topological polar surface area (TPSA) is 106 Å². The molecule has 0 saturated carbocycles. The molecule has 1 saturated heterocycles. The summed E-state index contributed by atoms with van der Waals surface area (Å²) in [6.45, 7) is 5.86. The summed E-state index contributed by atoms with van der Waals surface area (Å²) in [4.78, 5) is 25.6. The van der Waals surface area contributed by atoms with E-state index in [0.29, 0.717) is 32.3 Å². The zero-order chi connectivity index (χ0) is 14.8. The molecule has 0 atom stereocenters. The molecule has 0 aliphatic carbocycles. The SMILES string of the molecule is CC(C)(Nc1nc(Cl)nc(N2CCOCC2)n1)C(N)=O. The van der Waals surface area contributed by atoms with E-state index in [1.807, 2.05) is 4.90 Å². The van der Waals surface area contributed by atoms with Crippen LogP contribution >= 0.6 is 11.6 Å². The maximum Gasteiger partial charge on any atom is 0.242 e. The number of carbonyl (C=O) groups is 1. The van der Waals surface area contributed by atoms with Crippen LogP contribution in [0.3, 0.4) is 0 Å². The lowest BCUT2D eigenvalue weighted by molar-refractivity contribution is -0.121. The Morgan fingerprint density at radius 3 is 2.60 bits per heavy atom. The highest BCUT2D eigenvalue weighted by Gasteiger charge is 2.26. The molecule has 110 valence electrons. The normalized spacial score (nSPS) is 16.1. The lowest BCUT2D eigenvalue weighted by Crippen LogP contribution is -2.45.